The number of amides is 1. The topological polar surface area (TPSA) is 93.5 Å². The zero-order chi connectivity index (χ0) is 12.5. The van der Waals surface area contributed by atoms with E-state index in [2.05, 4.69) is 10.3 Å². The van der Waals surface area contributed by atoms with Crippen LogP contribution in [0.2, 0.25) is 0 Å². The molecule has 0 spiro atoms. The summed E-state index contributed by atoms with van der Waals surface area (Å²) in [6.07, 6.45) is 1.96. The van der Waals surface area contributed by atoms with Crippen LogP contribution in [-0.2, 0) is 4.79 Å². The number of rotatable bonds is 6. The lowest BCUT2D eigenvalue weighted by Crippen LogP contribution is -2.22. The number of benzene rings is 1. The first-order valence-corrected chi connectivity index (χ1v) is 5.59. The van der Waals surface area contributed by atoms with E-state index in [9.17, 15) is 4.79 Å². The second-order valence-corrected chi connectivity index (χ2v) is 3.68. The molecular formula is C12H18N4O. The highest BCUT2D eigenvalue weighted by Gasteiger charge is 1.95. The quantitative estimate of drug-likeness (QED) is 0.390. The largest absolute Gasteiger partial charge is 0.370 e. The summed E-state index contributed by atoms with van der Waals surface area (Å²) in [5.41, 5.74) is 11.6. The first kappa shape index (κ1) is 13.0. The lowest BCUT2D eigenvalue weighted by Gasteiger charge is -2.04. The molecule has 1 aromatic carbocycles. The third-order valence-electron chi connectivity index (χ3n) is 2.16. The second kappa shape index (κ2) is 7.27. The molecule has 5 nitrogen and oxygen atoms in total. The Balaban J connectivity index is 2.23. The molecule has 0 saturated carbocycles. The number of carbonyl (C=O) groups excluding carboxylic acids is 1. The number of primary amides is 1. The van der Waals surface area contributed by atoms with Gasteiger partial charge >= 0.3 is 0 Å². The summed E-state index contributed by atoms with van der Waals surface area (Å²) in [4.78, 5) is 14.6. The molecule has 0 heterocycles. The molecule has 1 aromatic rings. The molecule has 0 aliphatic carbocycles. The van der Waals surface area contributed by atoms with Crippen molar-refractivity contribution in [2.45, 2.75) is 19.3 Å². The molecule has 1 rings (SSSR count). The number of nitrogens with two attached hydrogens (primary N) is 2. The van der Waals surface area contributed by atoms with Gasteiger partial charge in [0.2, 0.25) is 5.91 Å². The number of hydrogen-bond donors (Lipinski definition) is 3. The SMILES string of the molecule is NC(=O)CCCCN=C(N)Nc1ccccc1. The molecule has 5 N–H and O–H groups in total. The number of nitrogens with one attached hydrogen (secondary N) is 1. The summed E-state index contributed by atoms with van der Waals surface area (Å²) in [5.74, 6) is 0.111. The highest BCUT2D eigenvalue weighted by atomic mass is 16.1. The minimum Gasteiger partial charge on any atom is -0.370 e. The van der Waals surface area contributed by atoms with Crippen LogP contribution >= 0.6 is 0 Å². The van der Waals surface area contributed by atoms with Gasteiger partial charge in [0.05, 0.1) is 0 Å². The van der Waals surface area contributed by atoms with Crippen LogP contribution in [0.4, 0.5) is 5.69 Å². The van der Waals surface area contributed by atoms with E-state index in [-0.39, 0.29) is 5.91 Å². The molecule has 17 heavy (non-hydrogen) atoms. The molecule has 5 heteroatoms. The summed E-state index contributed by atoms with van der Waals surface area (Å²) in [6, 6.07) is 9.60. The van der Waals surface area contributed by atoms with Crippen molar-refractivity contribution in [2.24, 2.45) is 16.5 Å². The number of hydrogen-bond acceptors (Lipinski definition) is 2. The Morgan fingerprint density at radius 1 is 1.18 bits per heavy atom. The van der Waals surface area contributed by atoms with Crippen LogP contribution in [0, 0.1) is 0 Å². The minimum absolute atomic E-state index is 0.274. The van der Waals surface area contributed by atoms with E-state index in [0.717, 1.165) is 18.5 Å². The average Bonchev–Trinajstić information content (AvgIpc) is 2.29. The number of para-hydroxylation sites is 1. The standard InChI is InChI=1S/C12H18N4O/c13-11(17)8-4-5-9-15-12(14)16-10-6-2-1-3-7-10/h1-3,6-7H,4-5,8-9H2,(H2,13,17)(H3,14,15,16). The number of guanidine groups is 1. The van der Waals surface area contributed by atoms with Crippen molar-refractivity contribution in [3.05, 3.63) is 30.3 Å². The maximum Gasteiger partial charge on any atom is 0.217 e. The van der Waals surface area contributed by atoms with Crippen molar-refractivity contribution in [1.82, 2.24) is 0 Å². The van der Waals surface area contributed by atoms with Crippen LogP contribution in [-0.4, -0.2) is 18.4 Å². The van der Waals surface area contributed by atoms with E-state index < -0.39 is 0 Å². The zero-order valence-corrected chi connectivity index (χ0v) is 9.73. The summed E-state index contributed by atoms with van der Waals surface area (Å²) in [6.45, 7) is 0.596. The molecule has 0 saturated heterocycles. The van der Waals surface area contributed by atoms with Crippen LogP contribution in [0.1, 0.15) is 19.3 Å². The fourth-order valence-electron chi connectivity index (χ4n) is 1.32. The van der Waals surface area contributed by atoms with Crippen LogP contribution in [0.5, 0.6) is 0 Å². The third kappa shape index (κ3) is 6.19. The molecular weight excluding hydrogens is 216 g/mol. The van der Waals surface area contributed by atoms with E-state index in [1.54, 1.807) is 0 Å². The van der Waals surface area contributed by atoms with Crippen molar-refractivity contribution in [3.63, 3.8) is 0 Å². The van der Waals surface area contributed by atoms with Crippen LogP contribution in [0.3, 0.4) is 0 Å². The number of unbranched alkanes of at least 4 members (excludes halogenated alkanes) is 1. The van der Waals surface area contributed by atoms with Crippen molar-refractivity contribution in [1.29, 1.82) is 0 Å². The van der Waals surface area contributed by atoms with E-state index in [1.807, 2.05) is 30.3 Å². The van der Waals surface area contributed by atoms with Gasteiger partial charge in [0, 0.05) is 18.7 Å². The summed E-state index contributed by atoms with van der Waals surface area (Å²) in [7, 11) is 0. The van der Waals surface area contributed by atoms with Gasteiger partial charge in [-0.15, -0.1) is 0 Å². The molecule has 1 amide bonds. The average molecular weight is 234 g/mol. The highest BCUT2D eigenvalue weighted by molar-refractivity contribution is 5.92. The molecule has 92 valence electrons. The summed E-state index contributed by atoms with van der Waals surface area (Å²) < 4.78 is 0. The van der Waals surface area contributed by atoms with Gasteiger partial charge in [0.25, 0.3) is 0 Å². The highest BCUT2D eigenvalue weighted by Crippen LogP contribution is 2.04. The third-order valence-corrected chi connectivity index (χ3v) is 2.16. The smallest absolute Gasteiger partial charge is 0.217 e. The maximum absolute atomic E-state index is 10.5. The summed E-state index contributed by atoms with van der Waals surface area (Å²) >= 11 is 0. The van der Waals surface area contributed by atoms with Crippen molar-refractivity contribution >= 4 is 17.6 Å². The van der Waals surface area contributed by atoms with Crippen molar-refractivity contribution < 1.29 is 4.79 Å². The fourth-order valence-corrected chi connectivity index (χ4v) is 1.32. The van der Waals surface area contributed by atoms with E-state index in [0.29, 0.717) is 18.9 Å². The molecule has 0 aliphatic rings. The minimum atomic E-state index is -0.274. The number of carbonyl (C=O) groups is 1. The fraction of sp³-hybridized carbons (Fsp3) is 0.333. The van der Waals surface area contributed by atoms with E-state index >= 15 is 0 Å². The van der Waals surface area contributed by atoms with Crippen LogP contribution < -0.4 is 16.8 Å². The molecule has 0 aromatic heterocycles. The number of anilines is 1. The Hall–Kier alpha value is -2.04. The Bertz CT molecular complexity index is 375. The second-order valence-electron chi connectivity index (χ2n) is 3.68. The first-order chi connectivity index (χ1) is 8.18. The molecule has 0 fully saturated rings. The Morgan fingerprint density at radius 2 is 1.88 bits per heavy atom. The maximum atomic E-state index is 10.5. The van der Waals surface area contributed by atoms with E-state index in [4.69, 9.17) is 11.5 Å². The number of aliphatic imine (C=N–C) groups is 1. The molecule has 0 bridgehead atoms. The van der Waals surface area contributed by atoms with Crippen molar-refractivity contribution in [2.75, 3.05) is 11.9 Å². The van der Waals surface area contributed by atoms with E-state index in [1.165, 1.54) is 0 Å². The van der Waals surface area contributed by atoms with Gasteiger partial charge in [-0.05, 0) is 25.0 Å². The predicted octanol–water partition coefficient (Wildman–Crippen LogP) is 1.07. The van der Waals surface area contributed by atoms with Gasteiger partial charge in [0.1, 0.15) is 0 Å². The Morgan fingerprint density at radius 3 is 2.53 bits per heavy atom. The summed E-state index contributed by atoms with van der Waals surface area (Å²) in [5, 5.41) is 2.98. The Kier molecular flexibility index (Phi) is 5.57. The van der Waals surface area contributed by atoms with Gasteiger partial charge < -0.3 is 16.8 Å². The van der Waals surface area contributed by atoms with Gasteiger partial charge in [-0.3, -0.25) is 9.79 Å². The van der Waals surface area contributed by atoms with Crippen LogP contribution in [0.15, 0.2) is 35.3 Å². The first-order valence-electron chi connectivity index (χ1n) is 5.59. The number of nitrogens with zero attached hydrogens (tertiary/aromatic N) is 1. The van der Waals surface area contributed by atoms with Gasteiger partial charge in [0.15, 0.2) is 5.96 Å². The van der Waals surface area contributed by atoms with Crippen LogP contribution in [0.25, 0.3) is 0 Å². The normalized spacial score (nSPS) is 11.2. The van der Waals surface area contributed by atoms with Gasteiger partial charge in [-0.2, -0.15) is 0 Å². The van der Waals surface area contributed by atoms with Crippen molar-refractivity contribution in [3.8, 4) is 0 Å². The zero-order valence-electron chi connectivity index (χ0n) is 9.73. The van der Waals surface area contributed by atoms with Gasteiger partial charge in [-0.25, -0.2) is 0 Å². The molecule has 0 aliphatic heterocycles. The molecule has 0 atom stereocenters. The predicted molar refractivity (Wildman–Crippen MR) is 69.6 cm³/mol. The Labute approximate surface area is 101 Å². The molecule has 0 unspecified atom stereocenters. The lowest BCUT2D eigenvalue weighted by molar-refractivity contribution is -0.118. The monoisotopic (exact) mass is 234 g/mol. The lowest BCUT2D eigenvalue weighted by atomic mass is 10.2. The molecule has 0 radical (unpaired) electrons. The van der Waals surface area contributed by atoms with Gasteiger partial charge in [-0.1, -0.05) is 18.2 Å².